The van der Waals surface area contributed by atoms with Crippen molar-refractivity contribution >= 4 is 0 Å². The van der Waals surface area contributed by atoms with E-state index in [1.807, 2.05) is 6.07 Å². The van der Waals surface area contributed by atoms with Crippen molar-refractivity contribution in [2.24, 2.45) is 0 Å². The van der Waals surface area contributed by atoms with E-state index in [2.05, 4.69) is 5.32 Å². The van der Waals surface area contributed by atoms with Crippen LogP contribution in [0.15, 0.2) is 47.1 Å². The Morgan fingerprint density at radius 1 is 1.25 bits per heavy atom. The zero-order chi connectivity index (χ0) is 14.2. The first-order chi connectivity index (χ1) is 9.75. The van der Waals surface area contributed by atoms with Crippen molar-refractivity contribution in [1.29, 1.82) is 0 Å². The maximum absolute atomic E-state index is 13.3. The van der Waals surface area contributed by atoms with Gasteiger partial charge in [0.15, 0.2) is 0 Å². The van der Waals surface area contributed by atoms with Crippen LogP contribution < -0.4 is 5.32 Å². The van der Waals surface area contributed by atoms with E-state index in [-0.39, 0.29) is 12.4 Å². The first kappa shape index (κ1) is 14.7. The minimum absolute atomic E-state index is 0.199. The zero-order valence-corrected chi connectivity index (χ0v) is 11.1. The summed E-state index contributed by atoms with van der Waals surface area (Å²) < 4.78 is 23.7. The average molecular weight is 279 g/mol. The van der Waals surface area contributed by atoms with Crippen LogP contribution in [-0.2, 0) is 17.9 Å². The van der Waals surface area contributed by atoms with Gasteiger partial charge in [0.2, 0.25) is 0 Å². The van der Waals surface area contributed by atoms with Crippen LogP contribution in [0.2, 0.25) is 0 Å². The molecule has 0 aliphatic heterocycles. The Morgan fingerprint density at radius 2 is 2.10 bits per heavy atom. The Kier molecular flexibility index (Phi) is 5.73. The van der Waals surface area contributed by atoms with Gasteiger partial charge in [-0.15, -0.1) is 0 Å². The predicted molar refractivity (Wildman–Crippen MR) is 72.5 cm³/mol. The van der Waals surface area contributed by atoms with E-state index in [4.69, 9.17) is 9.15 Å². The summed E-state index contributed by atoms with van der Waals surface area (Å²) >= 11 is 0. The van der Waals surface area contributed by atoms with Crippen molar-refractivity contribution in [2.75, 3.05) is 13.2 Å². The highest BCUT2D eigenvalue weighted by atomic mass is 19.1. The zero-order valence-electron chi connectivity index (χ0n) is 11.1. The Balaban J connectivity index is 1.60. The number of benzene rings is 1. The lowest BCUT2D eigenvalue weighted by Crippen LogP contribution is -2.30. The van der Waals surface area contributed by atoms with Crippen molar-refractivity contribution < 1.29 is 18.7 Å². The Bertz CT molecular complexity index is 502. The molecule has 0 spiro atoms. The molecule has 0 fully saturated rings. The molecule has 2 N–H and O–H groups in total. The molecule has 0 saturated heterocycles. The lowest BCUT2D eigenvalue weighted by atomic mass is 10.2. The predicted octanol–water partition coefficient (Wildman–Crippen LogP) is 2.09. The van der Waals surface area contributed by atoms with Crippen LogP contribution in [0.4, 0.5) is 4.39 Å². The Morgan fingerprint density at radius 3 is 2.85 bits per heavy atom. The van der Waals surface area contributed by atoms with Crippen LogP contribution in [0.5, 0.6) is 0 Å². The van der Waals surface area contributed by atoms with E-state index in [0.717, 1.165) is 5.76 Å². The van der Waals surface area contributed by atoms with Gasteiger partial charge >= 0.3 is 0 Å². The Labute approximate surface area is 117 Å². The molecule has 2 rings (SSSR count). The summed E-state index contributed by atoms with van der Waals surface area (Å²) in [7, 11) is 0. The maximum atomic E-state index is 13.3. The minimum atomic E-state index is -0.642. The average Bonchev–Trinajstić information content (AvgIpc) is 2.94. The number of aliphatic hydroxyl groups is 1. The molecule has 1 heterocycles. The summed E-state index contributed by atoms with van der Waals surface area (Å²) in [5.74, 6) is 0.472. The molecule has 108 valence electrons. The third-order valence-electron chi connectivity index (χ3n) is 2.79. The molecule has 4 nitrogen and oxygen atoms in total. The van der Waals surface area contributed by atoms with Gasteiger partial charge in [0.05, 0.1) is 19.0 Å². The van der Waals surface area contributed by atoms with Gasteiger partial charge in [-0.1, -0.05) is 18.2 Å². The summed E-state index contributed by atoms with van der Waals surface area (Å²) in [6, 6.07) is 10.1. The van der Waals surface area contributed by atoms with E-state index in [1.54, 1.807) is 30.5 Å². The first-order valence-corrected chi connectivity index (χ1v) is 6.48. The Hall–Kier alpha value is -1.69. The monoisotopic (exact) mass is 279 g/mol. The number of furan rings is 1. The smallest absolute Gasteiger partial charge is 0.129 e. The van der Waals surface area contributed by atoms with Gasteiger partial charge in [-0.05, 0) is 18.2 Å². The molecule has 2 aromatic rings. The van der Waals surface area contributed by atoms with Crippen LogP contribution in [0.25, 0.3) is 0 Å². The van der Waals surface area contributed by atoms with E-state index >= 15 is 0 Å². The van der Waals surface area contributed by atoms with Crippen LogP contribution >= 0.6 is 0 Å². The number of halogens is 1. The third kappa shape index (κ3) is 4.77. The van der Waals surface area contributed by atoms with Gasteiger partial charge in [0.25, 0.3) is 0 Å². The molecule has 20 heavy (non-hydrogen) atoms. The summed E-state index contributed by atoms with van der Waals surface area (Å²) in [5, 5.41) is 12.7. The van der Waals surface area contributed by atoms with E-state index in [9.17, 15) is 9.50 Å². The largest absolute Gasteiger partial charge is 0.467 e. The van der Waals surface area contributed by atoms with Gasteiger partial charge in [0, 0.05) is 18.7 Å². The highest BCUT2D eigenvalue weighted by Gasteiger charge is 2.06. The summed E-state index contributed by atoms with van der Waals surface area (Å²) in [6.07, 6.45) is 0.933. The lowest BCUT2D eigenvalue weighted by molar-refractivity contribution is 0.0225. The molecular weight excluding hydrogens is 261 g/mol. The molecule has 1 unspecified atom stereocenters. The summed E-state index contributed by atoms with van der Waals surface area (Å²) in [5.41, 5.74) is 0.580. The molecule has 5 heteroatoms. The fourth-order valence-corrected chi connectivity index (χ4v) is 1.76. The number of hydrogen-bond donors (Lipinski definition) is 2. The SMILES string of the molecule is OC(CNCc1ccccc1F)COCc1ccco1. The molecule has 0 aliphatic carbocycles. The molecular formula is C15H18FNO3. The third-order valence-corrected chi connectivity index (χ3v) is 2.79. The van der Waals surface area contributed by atoms with E-state index in [0.29, 0.717) is 25.3 Å². The van der Waals surface area contributed by atoms with Crippen molar-refractivity contribution in [3.63, 3.8) is 0 Å². The molecule has 1 atom stereocenters. The second kappa shape index (κ2) is 7.79. The van der Waals surface area contributed by atoms with Crippen LogP contribution in [0.3, 0.4) is 0 Å². The first-order valence-electron chi connectivity index (χ1n) is 6.48. The number of aliphatic hydroxyl groups excluding tert-OH is 1. The standard InChI is InChI=1S/C15H18FNO3/c16-15-6-2-1-4-12(15)8-17-9-13(18)10-19-11-14-5-3-7-20-14/h1-7,13,17-18H,8-11H2. The van der Waals surface area contributed by atoms with Crippen molar-refractivity contribution in [3.8, 4) is 0 Å². The van der Waals surface area contributed by atoms with Gasteiger partial charge < -0.3 is 19.6 Å². The molecule has 0 bridgehead atoms. The van der Waals surface area contributed by atoms with Crippen molar-refractivity contribution in [1.82, 2.24) is 5.32 Å². The normalized spacial score (nSPS) is 12.5. The summed E-state index contributed by atoms with van der Waals surface area (Å²) in [6.45, 7) is 1.25. The topological polar surface area (TPSA) is 54.6 Å². The highest BCUT2D eigenvalue weighted by Crippen LogP contribution is 2.05. The molecule has 1 aromatic heterocycles. The lowest BCUT2D eigenvalue weighted by Gasteiger charge is -2.12. The molecule has 0 amide bonds. The van der Waals surface area contributed by atoms with Gasteiger partial charge in [-0.25, -0.2) is 4.39 Å². The maximum Gasteiger partial charge on any atom is 0.129 e. The van der Waals surface area contributed by atoms with Crippen LogP contribution in [0, 0.1) is 5.82 Å². The number of rotatable bonds is 8. The van der Waals surface area contributed by atoms with Gasteiger partial charge in [-0.2, -0.15) is 0 Å². The number of nitrogens with one attached hydrogen (secondary N) is 1. The van der Waals surface area contributed by atoms with Crippen LogP contribution in [-0.4, -0.2) is 24.4 Å². The molecule has 1 aromatic carbocycles. The number of hydrogen-bond acceptors (Lipinski definition) is 4. The minimum Gasteiger partial charge on any atom is -0.467 e. The second-order valence-corrected chi connectivity index (χ2v) is 4.47. The molecule has 0 aliphatic rings. The van der Waals surface area contributed by atoms with E-state index in [1.165, 1.54) is 6.07 Å². The van der Waals surface area contributed by atoms with Gasteiger partial charge in [0.1, 0.15) is 18.2 Å². The number of ether oxygens (including phenoxy) is 1. The quantitative estimate of drug-likeness (QED) is 0.777. The van der Waals surface area contributed by atoms with Crippen molar-refractivity contribution in [2.45, 2.75) is 19.3 Å². The van der Waals surface area contributed by atoms with Crippen molar-refractivity contribution in [3.05, 3.63) is 59.8 Å². The van der Waals surface area contributed by atoms with Gasteiger partial charge in [-0.3, -0.25) is 0 Å². The molecule has 0 radical (unpaired) electrons. The fourth-order valence-electron chi connectivity index (χ4n) is 1.76. The van der Waals surface area contributed by atoms with Crippen LogP contribution in [0.1, 0.15) is 11.3 Å². The fraction of sp³-hybridized carbons (Fsp3) is 0.333. The second-order valence-electron chi connectivity index (χ2n) is 4.47. The molecule has 0 saturated carbocycles. The highest BCUT2D eigenvalue weighted by molar-refractivity contribution is 5.16. The summed E-state index contributed by atoms with van der Waals surface area (Å²) in [4.78, 5) is 0. The van der Waals surface area contributed by atoms with E-state index < -0.39 is 6.10 Å².